The molecule has 0 aliphatic heterocycles. The van der Waals surface area contributed by atoms with Crippen molar-refractivity contribution in [3.8, 4) is 0 Å². The average Bonchev–Trinajstić information content (AvgIpc) is 3.08. The van der Waals surface area contributed by atoms with Crippen LogP contribution < -0.4 is 0 Å². The van der Waals surface area contributed by atoms with E-state index in [1.54, 1.807) is 0 Å². The molecule has 0 spiro atoms. The summed E-state index contributed by atoms with van der Waals surface area (Å²) in [7, 11) is 0. The van der Waals surface area contributed by atoms with Crippen LogP contribution in [-0.2, 0) is 9.59 Å². The van der Waals surface area contributed by atoms with Crippen molar-refractivity contribution in [2.45, 2.75) is 272 Å². The van der Waals surface area contributed by atoms with Crippen molar-refractivity contribution in [2.75, 3.05) is 0 Å². The van der Waals surface area contributed by atoms with Crippen LogP contribution in [-0.4, -0.2) is 22.2 Å². The maximum atomic E-state index is 12.7. The van der Waals surface area contributed by atoms with Crippen LogP contribution in [0.3, 0.4) is 0 Å². The minimum absolute atomic E-state index is 0.146. The van der Waals surface area contributed by atoms with Crippen LogP contribution in [0.4, 0.5) is 0 Å². The molecule has 0 unspecified atom stereocenters. The molecule has 0 heterocycles. The molecule has 0 fully saturated rings. The Hall–Kier alpha value is -1.06. The van der Waals surface area contributed by atoms with Crippen LogP contribution >= 0.6 is 0 Å². The molecule has 0 aromatic rings. The number of carboxylic acids is 2. The van der Waals surface area contributed by atoms with Gasteiger partial charge in [-0.05, 0) is 37.5 Å². The lowest BCUT2D eigenvalue weighted by atomic mass is 9.74. The van der Waals surface area contributed by atoms with Crippen molar-refractivity contribution in [1.82, 2.24) is 0 Å². The summed E-state index contributed by atoms with van der Waals surface area (Å²) in [5.74, 6) is 0.288. The fourth-order valence-corrected chi connectivity index (χ4v) is 8.06. The molecular formula is C47H92O4. The number of hydrogen-bond donors (Lipinski definition) is 2. The minimum atomic E-state index is -0.776. The predicted molar refractivity (Wildman–Crippen MR) is 223 cm³/mol. The number of hydrogen-bond acceptors (Lipinski definition) is 2. The van der Waals surface area contributed by atoms with Gasteiger partial charge in [-0.25, -0.2) is 0 Å². The Balaban J connectivity index is 4.04. The fraction of sp³-hybridized carbons (Fsp3) is 0.957. The van der Waals surface area contributed by atoms with E-state index >= 15 is 0 Å². The van der Waals surface area contributed by atoms with E-state index in [2.05, 4.69) is 27.7 Å². The molecule has 304 valence electrons. The summed E-state index contributed by atoms with van der Waals surface area (Å²) in [4.78, 5) is 23.7. The molecule has 0 rings (SSSR count). The molecule has 0 aliphatic carbocycles. The van der Waals surface area contributed by atoms with Gasteiger partial charge in [-0.2, -0.15) is 0 Å². The molecular weight excluding hydrogens is 629 g/mol. The van der Waals surface area contributed by atoms with E-state index in [0.717, 1.165) is 50.4 Å². The van der Waals surface area contributed by atoms with Crippen molar-refractivity contribution < 1.29 is 19.8 Å². The summed E-state index contributed by atoms with van der Waals surface area (Å²) >= 11 is 0. The predicted octanol–water partition coefficient (Wildman–Crippen LogP) is 16.3. The van der Waals surface area contributed by atoms with Crippen molar-refractivity contribution in [3.05, 3.63) is 0 Å². The number of unbranched alkanes of at least 4 members (excludes halogenated alkanes) is 29. The smallest absolute Gasteiger partial charge is 0.309 e. The number of rotatable bonds is 42. The van der Waals surface area contributed by atoms with E-state index in [1.807, 2.05) is 0 Å². The summed E-state index contributed by atoms with van der Waals surface area (Å²) in [5, 5.41) is 19.5. The second-order valence-electron chi connectivity index (χ2n) is 17.7. The standard InChI is InChI=1S/C47H92O4/c1-43(2)37-31-27-23-19-15-11-7-5-9-13-17-21-25-29-34-40-47(46(50)51,42-36-33-39-45(48)49)41-35-30-26-22-18-14-10-6-8-12-16-20-24-28-32-38-44(3)4/h43-44H,5-42H2,1-4H3,(H,48,49)(H,50,51). The number of aliphatic carboxylic acids is 2. The number of carbonyl (C=O) groups is 2. The van der Waals surface area contributed by atoms with Crippen LogP contribution in [0.2, 0.25) is 0 Å². The lowest BCUT2D eigenvalue weighted by Crippen LogP contribution is -2.31. The van der Waals surface area contributed by atoms with Gasteiger partial charge in [0.25, 0.3) is 0 Å². The first kappa shape index (κ1) is 49.9. The molecule has 0 amide bonds. The molecule has 2 N–H and O–H groups in total. The first-order valence-corrected chi connectivity index (χ1v) is 23.1. The lowest BCUT2D eigenvalue weighted by Gasteiger charge is -2.30. The summed E-state index contributed by atoms with van der Waals surface area (Å²) in [6, 6.07) is 0. The second-order valence-corrected chi connectivity index (χ2v) is 17.7. The lowest BCUT2D eigenvalue weighted by molar-refractivity contribution is -0.150. The third-order valence-corrected chi connectivity index (χ3v) is 11.6. The Morgan fingerprint density at radius 1 is 0.353 bits per heavy atom. The molecule has 0 bridgehead atoms. The molecule has 0 saturated heterocycles. The third-order valence-electron chi connectivity index (χ3n) is 11.6. The molecule has 0 aromatic heterocycles. The first-order chi connectivity index (χ1) is 24.7. The third kappa shape index (κ3) is 35.7. The van der Waals surface area contributed by atoms with Gasteiger partial charge >= 0.3 is 11.9 Å². The van der Waals surface area contributed by atoms with Crippen LogP contribution in [0.15, 0.2) is 0 Å². The highest BCUT2D eigenvalue weighted by atomic mass is 16.4. The van der Waals surface area contributed by atoms with Gasteiger partial charge in [0.2, 0.25) is 0 Å². The maximum absolute atomic E-state index is 12.7. The molecule has 0 aromatic carbocycles. The summed E-state index contributed by atoms with van der Waals surface area (Å²) in [5.41, 5.74) is -0.666. The van der Waals surface area contributed by atoms with Crippen molar-refractivity contribution in [3.63, 3.8) is 0 Å². The Bertz CT molecular complexity index is 703. The quantitative estimate of drug-likeness (QED) is 0.0616. The monoisotopic (exact) mass is 721 g/mol. The molecule has 4 heteroatoms. The van der Waals surface area contributed by atoms with Gasteiger partial charge in [0, 0.05) is 6.42 Å². The molecule has 0 radical (unpaired) electrons. The summed E-state index contributed by atoms with van der Waals surface area (Å²) in [6.45, 7) is 9.30. The zero-order chi connectivity index (χ0) is 37.7. The van der Waals surface area contributed by atoms with Crippen LogP contribution in [0.25, 0.3) is 0 Å². The largest absolute Gasteiger partial charge is 0.481 e. The Morgan fingerprint density at radius 3 is 0.784 bits per heavy atom. The normalized spacial score (nSPS) is 12.0. The zero-order valence-electron chi connectivity index (χ0n) is 35.2. The van der Waals surface area contributed by atoms with Crippen molar-refractivity contribution in [2.24, 2.45) is 17.3 Å². The van der Waals surface area contributed by atoms with E-state index in [4.69, 9.17) is 5.11 Å². The van der Waals surface area contributed by atoms with Gasteiger partial charge in [0.1, 0.15) is 0 Å². The Labute approximate surface area is 319 Å². The van der Waals surface area contributed by atoms with Gasteiger partial charge in [-0.1, -0.05) is 240 Å². The Kier molecular flexibility index (Phi) is 36.5. The van der Waals surface area contributed by atoms with E-state index in [-0.39, 0.29) is 6.42 Å². The van der Waals surface area contributed by atoms with E-state index in [9.17, 15) is 14.7 Å². The van der Waals surface area contributed by atoms with Crippen molar-refractivity contribution in [1.29, 1.82) is 0 Å². The molecule has 4 nitrogen and oxygen atoms in total. The number of carboxylic acid groups (broad SMARTS) is 2. The van der Waals surface area contributed by atoms with E-state index in [0.29, 0.717) is 19.3 Å². The average molecular weight is 721 g/mol. The van der Waals surface area contributed by atoms with Crippen LogP contribution in [0, 0.1) is 17.3 Å². The summed E-state index contributed by atoms with van der Waals surface area (Å²) in [6.07, 6.45) is 46.1. The minimum Gasteiger partial charge on any atom is -0.481 e. The van der Waals surface area contributed by atoms with Crippen LogP contribution in [0.1, 0.15) is 272 Å². The van der Waals surface area contributed by atoms with E-state index < -0.39 is 17.4 Å². The fourth-order valence-electron chi connectivity index (χ4n) is 8.06. The molecule has 51 heavy (non-hydrogen) atoms. The molecule has 0 atom stereocenters. The van der Waals surface area contributed by atoms with E-state index in [1.165, 1.54) is 180 Å². The van der Waals surface area contributed by atoms with Crippen molar-refractivity contribution >= 4 is 11.9 Å². The summed E-state index contributed by atoms with van der Waals surface area (Å²) < 4.78 is 0. The van der Waals surface area contributed by atoms with Gasteiger partial charge < -0.3 is 10.2 Å². The first-order valence-electron chi connectivity index (χ1n) is 23.1. The van der Waals surface area contributed by atoms with Gasteiger partial charge in [-0.15, -0.1) is 0 Å². The topological polar surface area (TPSA) is 74.6 Å². The van der Waals surface area contributed by atoms with Gasteiger partial charge in [0.15, 0.2) is 0 Å². The second kappa shape index (κ2) is 37.3. The highest BCUT2D eigenvalue weighted by Crippen LogP contribution is 2.38. The zero-order valence-corrected chi connectivity index (χ0v) is 35.2. The maximum Gasteiger partial charge on any atom is 0.309 e. The van der Waals surface area contributed by atoms with Gasteiger partial charge in [0.05, 0.1) is 5.41 Å². The highest BCUT2D eigenvalue weighted by Gasteiger charge is 2.36. The van der Waals surface area contributed by atoms with Crippen LogP contribution in [0.5, 0.6) is 0 Å². The SMILES string of the molecule is CC(C)CCCCCCCCCCCCCCCCCC(CCCCCCCCCCCCCCCCCC(C)C)(CCCCC(=O)O)C(=O)O. The highest BCUT2D eigenvalue weighted by molar-refractivity contribution is 5.74. The molecule has 0 aliphatic rings. The van der Waals surface area contributed by atoms with Gasteiger partial charge in [-0.3, -0.25) is 9.59 Å². The molecule has 0 saturated carbocycles. The Morgan fingerprint density at radius 2 is 0.569 bits per heavy atom.